The zero-order valence-corrected chi connectivity index (χ0v) is 10.7. The zero-order valence-electron chi connectivity index (χ0n) is 10.7. The third-order valence-corrected chi connectivity index (χ3v) is 3.51. The first kappa shape index (κ1) is 12.3. The lowest BCUT2D eigenvalue weighted by atomic mass is 9.76. The lowest BCUT2D eigenvalue weighted by Gasteiger charge is -2.29. The van der Waals surface area contributed by atoms with Crippen molar-refractivity contribution >= 4 is 6.29 Å². The van der Waals surface area contributed by atoms with Crippen LogP contribution in [0.15, 0.2) is 30.3 Å². The van der Waals surface area contributed by atoms with Crippen LogP contribution in [0, 0.1) is 11.3 Å². The highest BCUT2D eigenvalue weighted by molar-refractivity contribution is 5.58. The van der Waals surface area contributed by atoms with Gasteiger partial charge in [0, 0.05) is 5.92 Å². The average molecular weight is 232 g/mol. The van der Waals surface area contributed by atoms with Gasteiger partial charge in [-0.05, 0) is 11.0 Å². The molecule has 0 saturated carbocycles. The monoisotopic (exact) mass is 232 g/mol. The molecule has 0 aromatic heterocycles. The number of benzene rings is 1. The third-order valence-electron chi connectivity index (χ3n) is 3.51. The van der Waals surface area contributed by atoms with Gasteiger partial charge in [0.15, 0.2) is 0 Å². The number of hydrogen-bond donors (Lipinski definition) is 0. The molecule has 0 spiro atoms. The molecular weight excluding hydrogens is 212 g/mol. The fourth-order valence-corrected chi connectivity index (χ4v) is 2.65. The number of carbonyl (C=O) groups excluding carboxylic acids is 1. The molecule has 1 fully saturated rings. The van der Waals surface area contributed by atoms with Gasteiger partial charge in [0.25, 0.3) is 0 Å². The van der Waals surface area contributed by atoms with E-state index in [0.717, 1.165) is 6.29 Å². The number of rotatable bonds is 2. The molecule has 0 aliphatic carbocycles. The smallest absolute Gasteiger partial charge is 0.126 e. The van der Waals surface area contributed by atoms with E-state index in [4.69, 9.17) is 4.74 Å². The molecule has 2 rings (SSSR count). The lowest BCUT2D eigenvalue weighted by molar-refractivity contribution is -0.115. The minimum absolute atomic E-state index is 0.00903. The fraction of sp³-hybridized carbons (Fsp3) is 0.533. The second-order valence-corrected chi connectivity index (χ2v) is 5.85. The number of aldehydes is 1. The summed E-state index contributed by atoms with van der Waals surface area (Å²) in [4.78, 5) is 11.4. The quantitative estimate of drug-likeness (QED) is 0.733. The minimum Gasteiger partial charge on any atom is -0.376 e. The average Bonchev–Trinajstić information content (AvgIpc) is 2.73. The Labute approximate surface area is 103 Å². The van der Waals surface area contributed by atoms with Crippen molar-refractivity contribution in [1.82, 2.24) is 0 Å². The van der Waals surface area contributed by atoms with Gasteiger partial charge >= 0.3 is 0 Å². The van der Waals surface area contributed by atoms with Gasteiger partial charge in [-0.2, -0.15) is 0 Å². The lowest BCUT2D eigenvalue weighted by Crippen LogP contribution is -2.33. The number of hydrogen-bond acceptors (Lipinski definition) is 2. The van der Waals surface area contributed by atoms with E-state index < -0.39 is 0 Å². The Balaban J connectivity index is 2.25. The van der Waals surface area contributed by atoms with Crippen molar-refractivity contribution in [3.8, 4) is 0 Å². The SMILES string of the molecule is CC(C)(C)[C@H]1OC[C@H](c2ccccc2)[C@@H]1C=O. The van der Waals surface area contributed by atoms with Crippen LogP contribution in [0.25, 0.3) is 0 Å². The molecule has 2 heteroatoms. The van der Waals surface area contributed by atoms with Crippen LogP contribution in [-0.4, -0.2) is 19.0 Å². The third kappa shape index (κ3) is 2.42. The van der Waals surface area contributed by atoms with Gasteiger partial charge in [-0.3, -0.25) is 0 Å². The Morgan fingerprint density at radius 3 is 2.41 bits per heavy atom. The van der Waals surface area contributed by atoms with Crippen molar-refractivity contribution in [3.63, 3.8) is 0 Å². The molecule has 1 heterocycles. The topological polar surface area (TPSA) is 26.3 Å². The highest BCUT2D eigenvalue weighted by atomic mass is 16.5. The van der Waals surface area contributed by atoms with Crippen molar-refractivity contribution in [2.75, 3.05) is 6.61 Å². The maximum atomic E-state index is 11.4. The van der Waals surface area contributed by atoms with Crippen molar-refractivity contribution < 1.29 is 9.53 Å². The van der Waals surface area contributed by atoms with Crippen molar-refractivity contribution in [2.45, 2.75) is 32.8 Å². The first-order chi connectivity index (χ1) is 8.04. The second kappa shape index (κ2) is 4.61. The van der Waals surface area contributed by atoms with Crippen LogP contribution in [0.4, 0.5) is 0 Å². The number of ether oxygens (including phenoxy) is 1. The van der Waals surface area contributed by atoms with E-state index in [1.807, 2.05) is 18.2 Å². The summed E-state index contributed by atoms with van der Waals surface area (Å²) in [5.41, 5.74) is 1.21. The summed E-state index contributed by atoms with van der Waals surface area (Å²) in [6.07, 6.45) is 1.09. The Kier molecular flexibility index (Phi) is 3.34. The summed E-state index contributed by atoms with van der Waals surface area (Å²) in [5.74, 6) is 0.176. The summed E-state index contributed by atoms with van der Waals surface area (Å²) in [5, 5.41) is 0. The maximum absolute atomic E-state index is 11.4. The van der Waals surface area contributed by atoms with Crippen LogP contribution >= 0.6 is 0 Å². The Hall–Kier alpha value is -1.15. The molecule has 0 radical (unpaired) electrons. The summed E-state index contributed by atoms with van der Waals surface area (Å²) >= 11 is 0. The van der Waals surface area contributed by atoms with Crippen LogP contribution in [0.2, 0.25) is 0 Å². The van der Waals surface area contributed by atoms with Crippen molar-refractivity contribution in [3.05, 3.63) is 35.9 Å². The van der Waals surface area contributed by atoms with Gasteiger partial charge in [0.05, 0.1) is 18.6 Å². The summed E-state index contributed by atoms with van der Waals surface area (Å²) in [6.45, 7) is 7.03. The predicted octanol–water partition coefficient (Wildman–Crippen LogP) is 3.03. The van der Waals surface area contributed by atoms with Crippen molar-refractivity contribution in [2.24, 2.45) is 11.3 Å². The van der Waals surface area contributed by atoms with Crippen LogP contribution in [0.5, 0.6) is 0 Å². The van der Waals surface area contributed by atoms with Crippen LogP contribution in [0.3, 0.4) is 0 Å². The minimum atomic E-state index is -0.0302. The Bertz CT molecular complexity index is 378. The van der Waals surface area contributed by atoms with Gasteiger partial charge in [-0.1, -0.05) is 51.1 Å². The van der Waals surface area contributed by atoms with Crippen LogP contribution in [-0.2, 0) is 9.53 Å². The van der Waals surface area contributed by atoms with Gasteiger partial charge < -0.3 is 9.53 Å². The molecule has 17 heavy (non-hydrogen) atoms. The molecule has 0 bridgehead atoms. The largest absolute Gasteiger partial charge is 0.376 e. The first-order valence-corrected chi connectivity index (χ1v) is 6.16. The molecule has 2 nitrogen and oxygen atoms in total. The summed E-state index contributed by atoms with van der Waals surface area (Å²) in [7, 11) is 0. The first-order valence-electron chi connectivity index (χ1n) is 6.16. The van der Waals surface area contributed by atoms with Crippen LogP contribution < -0.4 is 0 Å². The van der Waals surface area contributed by atoms with E-state index in [1.54, 1.807) is 0 Å². The van der Waals surface area contributed by atoms with Gasteiger partial charge in [-0.25, -0.2) is 0 Å². The van der Waals surface area contributed by atoms with Gasteiger partial charge in [0.2, 0.25) is 0 Å². The van der Waals surface area contributed by atoms with Gasteiger partial charge in [-0.15, -0.1) is 0 Å². The molecular formula is C15H20O2. The van der Waals surface area contributed by atoms with E-state index in [-0.39, 0.29) is 23.4 Å². The summed E-state index contributed by atoms with van der Waals surface area (Å²) in [6, 6.07) is 10.2. The van der Waals surface area contributed by atoms with E-state index in [9.17, 15) is 4.79 Å². The molecule has 3 atom stereocenters. The van der Waals surface area contributed by atoms with Crippen LogP contribution in [0.1, 0.15) is 32.3 Å². The maximum Gasteiger partial charge on any atom is 0.126 e. The van der Waals surface area contributed by atoms with E-state index in [2.05, 4.69) is 32.9 Å². The molecule has 1 aliphatic heterocycles. The predicted molar refractivity (Wildman–Crippen MR) is 67.9 cm³/mol. The highest BCUT2D eigenvalue weighted by Crippen LogP contribution is 2.41. The standard InChI is InChI=1S/C15H20O2/c1-15(2,3)14-12(9-16)13(10-17-14)11-7-5-4-6-8-11/h4-9,12-14H,10H2,1-3H3/t12-,13+,14-/m0/s1. The number of carbonyl (C=O) groups is 1. The van der Waals surface area contributed by atoms with Gasteiger partial charge in [0.1, 0.15) is 6.29 Å². The molecule has 0 N–H and O–H groups in total. The summed E-state index contributed by atoms with van der Waals surface area (Å²) < 4.78 is 5.86. The zero-order chi connectivity index (χ0) is 12.5. The molecule has 1 aromatic rings. The molecule has 1 saturated heterocycles. The van der Waals surface area contributed by atoms with E-state index >= 15 is 0 Å². The highest BCUT2D eigenvalue weighted by Gasteiger charge is 2.43. The normalized spacial score (nSPS) is 29.2. The van der Waals surface area contributed by atoms with E-state index in [1.165, 1.54) is 5.56 Å². The fourth-order valence-electron chi connectivity index (χ4n) is 2.65. The molecule has 0 unspecified atom stereocenters. The van der Waals surface area contributed by atoms with E-state index in [0.29, 0.717) is 6.61 Å². The molecule has 1 aromatic carbocycles. The Morgan fingerprint density at radius 1 is 1.24 bits per heavy atom. The Morgan fingerprint density at radius 2 is 1.88 bits per heavy atom. The van der Waals surface area contributed by atoms with Crippen molar-refractivity contribution in [1.29, 1.82) is 0 Å². The molecule has 92 valence electrons. The molecule has 0 amide bonds. The molecule has 1 aliphatic rings. The second-order valence-electron chi connectivity index (χ2n) is 5.85.